The van der Waals surface area contributed by atoms with Gasteiger partial charge in [-0.2, -0.15) is 13.2 Å². The number of pyridine rings is 1. The minimum Gasteiger partial charge on any atom is -0.474 e. The van der Waals surface area contributed by atoms with Crippen molar-refractivity contribution in [3.8, 4) is 5.88 Å². The van der Waals surface area contributed by atoms with Gasteiger partial charge in [0.05, 0.1) is 5.56 Å². The Morgan fingerprint density at radius 1 is 1.38 bits per heavy atom. The second-order valence-electron chi connectivity index (χ2n) is 2.65. The zero-order valence-electron chi connectivity index (χ0n) is 7.92. The van der Waals surface area contributed by atoms with Crippen LogP contribution in [0.4, 0.5) is 17.6 Å². The molecule has 0 aliphatic rings. The van der Waals surface area contributed by atoms with Crippen LogP contribution in [0, 0.1) is 5.82 Å². The van der Waals surface area contributed by atoms with Gasteiger partial charge in [-0.05, 0) is 6.07 Å². The molecule has 0 bridgehead atoms. The first-order valence-electron chi connectivity index (χ1n) is 4.00. The molecular formula is C8H9ClF4N2O. The van der Waals surface area contributed by atoms with Crippen LogP contribution in [-0.4, -0.2) is 18.1 Å². The normalized spacial score (nSPS) is 10.8. The van der Waals surface area contributed by atoms with Gasteiger partial charge < -0.3 is 10.5 Å². The second kappa shape index (κ2) is 5.86. The lowest BCUT2D eigenvalue weighted by molar-refractivity contribution is -0.138. The predicted octanol–water partition coefficient (Wildman–Crippen LogP) is 2.00. The standard InChI is InChI=1S/C8H8F4N2O.ClH/c9-6-3-5(8(10,11)12)4-14-7(6)15-2-1-13;/h3-4H,1-2,13H2;1H. The van der Waals surface area contributed by atoms with E-state index >= 15 is 0 Å². The van der Waals surface area contributed by atoms with E-state index in [9.17, 15) is 17.6 Å². The summed E-state index contributed by atoms with van der Waals surface area (Å²) in [6, 6.07) is 0.332. The number of hydrogen-bond acceptors (Lipinski definition) is 3. The number of halogens is 5. The van der Waals surface area contributed by atoms with Crippen LogP contribution in [0.3, 0.4) is 0 Å². The Kier molecular flexibility index (Phi) is 5.46. The molecule has 0 aliphatic heterocycles. The van der Waals surface area contributed by atoms with E-state index in [1.165, 1.54) is 0 Å². The number of aromatic nitrogens is 1. The van der Waals surface area contributed by atoms with Gasteiger partial charge in [0.1, 0.15) is 6.61 Å². The van der Waals surface area contributed by atoms with E-state index in [4.69, 9.17) is 5.73 Å². The number of nitrogens with two attached hydrogens (primary N) is 1. The average Bonchev–Trinajstić information content (AvgIpc) is 2.14. The van der Waals surface area contributed by atoms with Crippen LogP contribution in [0.5, 0.6) is 5.88 Å². The Morgan fingerprint density at radius 3 is 2.44 bits per heavy atom. The highest BCUT2D eigenvalue weighted by Crippen LogP contribution is 2.30. The monoisotopic (exact) mass is 260 g/mol. The molecule has 1 rings (SSSR count). The molecule has 0 atom stereocenters. The van der Waals surface area contributed by atoms with Crippen molar-refractivity contribution in [1.29, 1.82) is 0 Å². The predicted molar refractivity (Wildman–Crippen MR) is 51.0 cm³/mol. The molecule has 1 aromatic rings. The maximum atomic E-state index is 13.0. The van der Waals surface area contributed by atoms with Gasteiger partial charge >= 0.3 is 6.18 Å². The molecule has 0 unspecified atom stereocenters. The molecule has 3 nitrogen and oxygen atoms in total. The molecule has 0 aliphatic carbocycles. The summed E-state index contributed by atoms with van der Waals surface area (Å²) in [5.41, 5.74) is 3.92. The average molecular weight is 261 g/mol. The summed E-state index contributed by atoms with van der Waals surface area (Å²) < 4.78 is 53.9. The maximum Gasteiger partial charge on any atom is 0.417 e. The molecule has 16 heavy (non-hydrogen) atoms. The molecule has 0 spiro atoms. The molecule has 0 saturated carbocycles. The first kappa shape index (κ1) is 14.9. The Balaban J connectivity index is 0.00000225. The Hall–Kier alpha value is -1.08. The van der Waals surface area contributed by atoms with E-state index in [0.29, 0.717) is 12.3 Å². The Morgan fingerprint density at radius 2 is 2.00 bits per heavy atom. The van der Waals surface area contributed by atoms with E-state index in [1.54, 1.807) is 0 Å². The first-order valence-corrected chi connectivity index (χ1v) is 4.00. The molecule has 1 heterocycles. The minimum atomic E-state index is -4.61. The topological polar surface area (TPSA) is 48.1 Å². The number of rotatable bonds is 3. The van der Waals surface area contributed by atoms with Crippen molar-refractivity contribution in [2.45, 2.75) is 6.18 Å². The molecule has 0 fully saturated rings. The van der Waals surface area contributed by atoms with Crippen molar-refractivity contribution in [3.05, 3.63) is 23.6 Å². The summed E-state index contributed by atoms with van der Waals surface area (Å²) in [7, 11) is 0. The molecule has 0 aromatic carbocycles. The van der Waals surface area contributed by atoms with Gasteiger partial charge in [-0.25, -0.2) is 9.37 Å². The van der Waals surface area contributed by atoms with Gasteiger partial charge in [-0.15, -0.1) is 12.4 Å². The quantitative estimate of drug-likeness (QED) is 0.846. The van der Waals surface area contributed by atoms with Gasteiger partial charge in [0.2, 0.25) is 5.88 Å². The zero-order chi connectivity index (χ0) is 11.5. The van der Waals surface area contributed by atoms with Gasteiger partial charge in [-0.1, -0.05) is 0 Å². The smallest absolute Gasteiger partial charge is 0.417 e. The minimum absolute atomic E-state index is 0. The largest absolute Gasteiger partial charge is 0.474 e. The highest BCUT2D eigenvalue weighted by atomic mass is 35.5. The first-order chi connectivity index (χ1) is 6.95. The lowest BCUT2D eigenvalue weighted by Gasteiger charge is -2.08. The third-order valence-corrected chi connectivity index (χ3v) is 1.49. The van der Waals surface area contributed by atoms with Crippen molar-refractivity contribution in [1.82, 2.24) is 4.98 Å². The van der Waals surface area contributed by atoms with E-state index < -0.39 is 23.4 Å². The SMILES string of the molecule is Cl.NCCOc1ncc(C(F)(F)F)cc1F. The van der Waals surface area contributed by atoms with Crippen LogP contribution in [0.15, 0.2) is 12.3 Å². The molecule has 1 aromatic heterocycles. The highest BCUT2D eigenvalue weighted by molar-refractivity contribution is 5.85. The van der Waals surface area contributed by atoms with Crippen LogP contribution in [0.25, 0.3) is 0 Å². The van der Waals surface area contributed by atoms with Crippen molar-refractivity contribution in [3.63, 3.8) is 0 Å². The maximum absolute atomic E-state index is 13.0. The highest BCUT2D eigenvalue weighted by Gasteiger charge is 2.32. The fourth-order valence-electron chi connectivity index (χ4n) is 0.842. The molecule has 2 N–H and O–H groups in total. The third kappa shape index (κ3) is 3.82. The third-order valence-electron chi connectivity index (χ3n) is 1.49. The fourth-order valence-corrected chi connectivity index (χ4v) is 0.842. The Bertz CT molecular complexity index is 345. The lowest BCUT2D eigenvalue weighted by Crippen LogP contribution is -2.13. The molecule has 8 heteroatoms. The van der Waals surface area contributed by atoms with E-state index in [2.05, 4.69) is 9.72 Å². The van der Waals surface area contributed by atoms with Gasteiger partial charge in [-0.3, -0.25) is 0 Å². The zero-order valence-corrected chi connectivity index (χ0v) is 8.74. The van der Waals surface area contributed by atoms with Crippen LogP contribution in [0.1, 0.15) is 5.56 Å². The number of alkyl halides is 3. The van der Waals surface area contributed by atoms with Crippen LogP contribution < -0.4 is 10.5 Å². The van der Waals surface area contributed by atoms with Crippen LogP contribution in [-0.2, 0) is 6.18 Å². The van der Waals surface area contributed by atoms with Crippen molar-refractivity contribution in [2.75, 3.05) is 13.2 Å². The van der Waals surface area contributed by atoms with Gasteiger partial charge in [0.15, 0.2) is 5.82 Å². The summed E-state index contributed by atoms with van der Waals surface area (Å²) in [5.74, 6) is -1.63. The second-order valence-corrected chi connectivity index (χ2v) is 2.65. The van der Waals surface area contributed by atoms with Crippen molar-refractivity contribution < 1.29 is 22.3 Å². The molecule has 0 radical (unpaired) electrons. The molecule has 0 amide bonds. The lowest BCUT2D eigenvalue weighted by atomic mass is 10.3. The number of ether oxygens (including phenoxy) is 1. The van der Waals surface area contributed by atoms with Crippen molar-refractivity contribution >= 4 is 12.4 Å². The van der Waals surface area contributed by atoms with Gasteiger partial charge in [0.25, 0.3) is 0 Å². The number of nitrogens with zero attached hydrogens (tertiary/aromatic N) is 1. The summed E-state index contributed by atoms with van der Waals surface area (Å²) in [4.78, 5) is 3.21. The molecule has 0 saturated heterocycles. The Labute approximate surface area is 95.0 Å². The molecular weight excluding hydrogens is 252 g/mol. The van der Waals surface area contributed by atoms with Crippen LogP contribution >= 0.6 is 12.4 Å². The van der Waals surface area contributed by atoms with E-state index in [1.807, 2.05) is 0 Å². The van der Waals surface area contributed by atoms with E-state index in [0.717, 1.165) is 0 Å². The molecule has 92 valence electrons. The van der Waals surface area contributed by atoms with Crippen molar-refractivity contribution in [2.24, 2.45) is 5.73 Å². The van der Waals surface area contributed by atoms with Gasteiger partial charge in [0, 0.05) is 12.7 Å². The van der Waals surface area contributed by atoms with Crippen LogP contribution in [0.2, 0.25) is 0 Å². The van der Waals surface area contributed by atoms with E-state index in [-0.39, 0.29) is 25.6 Å². The summed E-state index contributed by atoms with van der Waals surface area (Å²) in [6.07, 6.45) is -4.10. The summed E-state index contributed by atoms with van der Waals surface area (Å²) in [6.45, 7) is 0.122. The summed E-state index contributed by atoms with van der Waals surface area (Å²) in [5, 5.41) is 0. The summed E-state index contributed by atoms with van der Waals surface area (Å²) >= 11 is 0. The fraction of sp³-hybridized carbons (Fsp3) is 0.375. The number of hydrogen-bond donors (Lipinski definition) is 1.